The topological polar surface area (TPSA) is 26.3 Å². The first-order chi connectivity index (χ1) is 9.94. The quantitative estimate of drug-likeness (QED) is 0.648. The summed E-state index contributed by atoms with van der Waals surface area (Å²) in [6, 6.07) is 0. The molecule has 0 bridgehead atoms. The van der Waals surface area contributed by atoms with Gasteiger partial charge in [-0.25, -0.2) is 0 Å². The molecule has 0 aromatic heterocycles. The molecule has 3 fully saturated rings. The predicted molar refractivity (Wildman–Crippen MR) is 84.8 cm³/mol. The van der Waals surface area contributed by atoms with Crippen molar-refractivity contribution in [1.29, 1.82) is 0 Å². The molecule has 0 N–H and O–H groups in total. The maximum absolute atomic E-state index is 12.5. The molecule has 6 atom stereocenters. The van der Waals surface area contributed by atoms with Gasteiger partial charge < -0.3 is 4.74 Å². The van der Waals surface area contributed by atoms with Crippen LogP contribution in [0.4, 0.5) is 0 Å². The van der Waals surface area contributed by atoms with E-state index in [4.69, 9.17) is 4.74 Å². The van der Waals surface area contributed by atoms with Crippen molar-refractivity contribution in [2.45, 2.75) is 72.1 Å². The first-order valence-corrected chi connectivity index (χ1v) is 9.03. The molecule has 0 aliphatic heterocycles. The minimum Gasteiger partial charge on any atom is -0.469 e. The van der Waals surface area contributed by atoms with Gasteiger partial charge in [-0.05, 0) is 68.1 Å². The molecule has 3 aliphatic rings. The van der Waals surface area contributed by atoms with Crippen LogP contribution in [-0.2, 0) is 9.53 Å². The average molecular weight is 292 g/mol. The summed E-state index contributed by atoms with van der Waals surface area (Å²) in [6.07, 6.45) is 10.4. The van der Waals surface area contributed by atoms with Crippen LogP contribution in [-0.4, -0.2) is 13.1 Å². The summed E-state index contributed by atoms with van der Waals surface area (Å²) in [5, 5.41) is 0. The van der Waals surface area contributed by atoms with E-state index in [1.54, 1.807) is 7.11 Å². The van der Waals surface area contributed by atoms with Crippen molar-refractivity contribution in [3.8, 4) is 0 Å². The molecule has 2 nitrogen and oxygen atoms in total. The van der Waals surface area contributed by atoms with Crippen molar-refractivity contribution >= 4 is 5.97 Å². The van der Waals surface area contributed by atoms with Crippen LogP contribution >= 0.6 is 0 Å². The number of hydrogen-bond donors (Lipinski definition) is 0. The summed E-state index contributed by atoms with van der Waals surface area (Å²) < 4.78 is 5.22. The lowest BCUT2D eigenvalue weighted by atomic mass is 9.41. The Morgan fingerprint density at radius 1 is 1.05 bits per heavy atom. The molecule has 120 valence electrons. The zero-order chi connectivity index (χ0) is 15.3. The number of carbonyl (C=O) groups excluding carboxylic acids is 1. The second-order valence-electron chi connectivity index (χ2n) is 8.50. The molecule has 3 rings (SSSR count). The molecule has 0 spiro atoms. The zero-order valence-electron chi connectivity index (χ0n) is 14.3. The van der Waals surface area contributed by atoms with Gasteiger partial charge in [-0.2, -0.15) is 0 Å². The van der Waals surface area contributed by atoms with Crippen LogP contribution in [0.3, 0.4) is 0 Å². The Hall–Kier alpha value is -0.530. The van der Waals surface area contributed by atoms with E-state index in [2.05, 4.69) is 20.8 Å². The van der Waals surface area contributed by atoms with Crippen molar-refractivity contribution in [2.24, 2.45) is 34.5 Å². The summed E-state index contributed by atoms with van der Waals surface area (Å²) in [4.78, 5) is 12.5. The molecule has 21 heavy (non-hydrogen) atoms. The van der Waals surface area contributed by atoms with E-state index in [0.717, 1.165) is 24.2 Å². The minimum absolute atomic E-state index is 0.0416. The van der Waals surface area contributed by atoms with E-state index in [9.17, 15) is 4.79 Å². The molecule has 2 heteroatoms. The molecule has 0 aromatic rings. The maximum atomic E-state index is 12.5. The normalized spacial score (nSPS) is 49.9. The molecule has 3 aliphatic carbocycles. The second kappa shape index (κ2) is 5.28. The largest absolute Gasteiger partial charge is 0.469 e. The van der Waals surface area contributed by atoms with Crippen molar-refractivity contribution in [2.75, 3.05) is 7.11 Å². The van der Waals surface area contributed by atoms with Gasteiger partial charge in [0.15, 0.2) is 0 Å². The number of methoxy groups -OCH3 is 1. The Bertz CT molecular complexity index is 418. The van der Waals surface area contributed by atoms with E-state index < -0.39 is 0 Å². The lowest BCUT2D eigenvalue weighted by Gasteiger charge is -2.62. The molecule has 0 radical (unpaired) electrons. The monoisotopic (exact) mass is 292 g/mol. The highest BCUT2D eigenvalue weighted by Gasteiger charge is 2.61. The lowest BCUT2D eigenvalue weighted by molar-refractivity contribution is -0.184. The molecular formula is C19H32O2. The Kier molecular flexibility index (Phi) is 3.86. The van der Waals surface area contributed by atoms with E-state index >= 15 is 0 Å². The summed E-state index contributed by atoms with van der Waals surface area (Å²) in [5.41, 5.74) is 0.0863. The molecular weight excluding hydrogens is 260 g/mol. The number of hydrogen-bond acceptors (Lipinski definition) is 2. The van der Waals surface area contributed by atoms with Crippen molar-refractivity contribution in [3.05, 3.63) is 0 Å². The highest BCUT2D eigenvalue weighted by Crippen LogP contribution is 2.65. The Morgan fingerprint density at radius 2 is 1.76 bits per heavy atom. The number of esters is 1. The number of rotatable bonds is 1. The van der Waals surface area contributed by atoms with Crippen molar-refractivity contribution < 1.29 is 9.53 Å². The first-order valence-electron chi connectivity index (χ1n) is 9.03. The van der Waals surface area contributed by atoms with E-state index in [1.807, 2.05) is 0 Å². The third-order valence-electron chi connectivity index (χ3n) is 7.86. The minimum atomic E-state index is -0.252. The van der Waals surface area contributed by atoms with Crippen LogP contribution in [0.1, 0.15) is 72.1 Å². The summed E-state index contributed by atoms with van der Waals surface area (Å²) in [7, 11) is 1.56. The van der Waals surface area contributed by atoms with Gasteiger partial charge in [0, 0.05) is 0 Å². The van der Waals surface area contributed by atoms with Gasteiger partial charge in [-0.1, -0.05) is 33.1 Å². The molecule has 0 heterocycles. The Balaban J connectivity index is 1.98. The second-order valence-corrected chi connectivity index (χ2v) is 8.50. The molecule has 0 aromatic carbocycles. The molecule has 3 saturated carbocycles. The summed E-state index contributed by atoms with van der Waals surface area (Å²) in [6.45, 7) is 7.16. The summed E-state index contributed by atoms with van der Waals surface area (Å²) in [5.74, 6) is 3.05. The first kappa shape index (κ1) is 15.4. The van der Waals surface area contributed by atoms with Crippen LogP contribution < -0.4 is 0 Å². The lowest BCUT2D eigenvalue weighted by Crippen LogP contribution is -2.58. The number of ether oxygens (including phenoxy) is 1. The fourth-order valence-corrected chi connectivity index (χ4v) is 6.52. The third-order valence-corrected chi connectivity index (χ3v) is 7.86. The Morgan fingerprint density at radius 3 is 2.48 bits per heavy atom. The average Bonchev–Trinajstić information content (AvgIpc) is 2.51. The van der Waals surface area contributed by atoms with Crippen LogP contribution in [0.5, 0.6) is 0 Å². The van der Waals surface area contributed by atoms with Gasteiger partial charge in [0.1, 0.15) is 0 Å². The van der Waals surface area contributed by atoms with E-state index in [1.165, 1.54) is 44.9 Å². The highest BCUT2D eigenvalue weighted by molar-refractivity contribution is 5.77. The van der Waals surface area contributed by atoms with E-state index in [0.29, 0.717) is 11.3 Å². The van der Waals surface area contributed by atoms with Gasteiger partial charge in [0.25, 0.3) is 0 Å². The smallest absolute Gasteiger partial charge is 0.311 e. The van der Waals surface area contributed by atoms with Gasteiger partial charge in [-0.15, -0.1) is 0 Å². The Labute approximate surface area is 130 Å². The third kappa shape index (κ3) is 2.08. The van der Waals surface area contributed by atoms with Crippen molar-refractivity contribution in [3.63, 3.8) is 0 Å². The standard InChI is InChI=1S/C19H32O2/c1-13-11-12-18(2,17(20)21-4)16-10-9-14-7-5-6-8-15(14)19(13,16)3/h13-16H,5-12H2,1-4H3/t13-,14-,15+,16+,18+,19-/m0/s1. The number of carbonyl (C=O) groups is 1. The predicted octanol–water partition coefficient (Wildman–Crippen LogP) is 4.82. The molecule has 0 amide bonds. The summed E-state index contributed by atoms with van der Waals surface area (Å²) >= 11 is 0. The van der Waals surface area contributed by atoms with Crippen molar-refractivity contribution in [1.82, 2.24) is 0 Å². The molecule has 0 saturated heterocycles. The van der Waals surface area contributed by atoms with Crippen LogP contribution in [0.2, 0.25) is 0 Å². The zero-order valence-corrected chi connectivity index (χ0v) is 14.3. The van der Waals surface area contributed by atoms with Gasteiger partial charge >= 0.3 is 5.97 Å². The SMILES string of the molecule is COC(=O)[C@]1(C)CC[C@H](C)[C@@]2(C)[C@@H]3CCCC[C@H]3CC[C@@H]21. The maximum Gasteiger partial charge on any atom is 0.311 e. The molecule has 0 unspecified atom stereocenters. The van der Waals surface area contributed by atoms with Gasteiger partial charge in [0.05, 0.1) is 12.5 Å². The van der Waals surface area contributed by atoms with Crippen LogP contribution in [0.15, 0.2) is 0 Å². The van der Waals surface area contributed by atoms with E-state index in [-0.39, 0.29) is 11.4 Å². The fourth-order valence-electron chi connectivity index (χ4n) is 6.52. The fraction of sp³-hybridized carbons (Fsp3) is 0.947. The van der Waals surface area contributed by atoms with Crippen LogP contribution in [0, 0.1) is 34.5 Å². The van der Waals surface area contributed by atoms with Gasteiger partial charge in [0.2, 0.25) is 0 Å². The highest BCUT2D eigenvalue weighted by atomic mass is 16.5. The number of fused-ring (bicyclic) bond motifs is 3. The van der Waals surface area contributed by atoms with Crippen LogP contribution in [0.25, 0.3) is 0 Å². The van der Waals surface area contributed by atoms with Gasteiger partial charge in [-0.3, -0.25) is 4.79 Å².